The van der Waals surface area contributed by atoms with Crippen molar-refractivity contribution in [2.75, 3.05) is 0 Å². The normalized spacial score (nSPS) is 12.2. The van der Waals surface area contributed by atoms with Gasteiger partial charge < -0.3 is 4.42 Å². The van der Waals surface area contributed by atoms with Gasteiger partial charge in [-0.05, 0) is 35.2 Å². The first kappa shape index (κ1) is 20.6. The van der Waals surface area contributed by atoms with E-state index in [9.17, 15) is 0 Å². The molecule has 2 aromatic carbocycles. The lowest BCUT2D eigenvalue weighted by atomic mass is 10.0. The second-order valence-electron chi connectivity index (χ2n) is 9.48. The van der Waals surface area contributed by atoms with Gasteiger partial charge in [-0.15, -0.1) is 0 Å². The summed E-state index contributed by atoms with van der Waals surface area (Å²) in [5, 5.41) is 4.97. The van der Waals surface area contributed by atoms with Gasteiger partial charge in [0.25, 0.3) is 0 Å². The molecule has 0 bridgehead atoms. The predicted octanol–water partition coefficient (Wildman–Crippen LogP) is 6.06. The number of nitrogens with zero attached hydrogens (tertiary/aromatic N) is 2. The summed E-state index contributed by atoms with van der Waals surface area (Å²) in [7, 11) is -1.87. The van der Waals surface area contributed by atoms with Crippen LogP contribution in [0.2, 0.25) is 13.1 Å². The first-order chi connectivity index (χ1) is 15.4. The predicted molar refractivity (Wildman–Crippen MR) is 136 cm³/mol. The van der Waals surface area contributed by atoms with Crippen molar-refractivity contribution in [2.24, 2.45) is 5.92 Å². The van der Waals surface area contributed by atoms with Crippen LogP contribution in [0.25, 0.3) is 33.2 Å². The third-order valence-corrected chi connectivity index (χ3v) is 9.92. The Bertz CT molecular complexity index is 1400. The van der Waals surface area contributed by atoms with Gasteiger partial charge >= 0.3 is 0 Å². The number of furan rings is 1. The molecule has 5 aromatic rings. The second-order valence-corrected chi connectivity index (χ2v) is 13.8. The Morgan fingerprint density at radius 2 is 1.62 bits per heavy atom. The molecule has 0 unspecified atom stereocenters. The minimum Gasteiger partial charge on any atom is -0.455 e. The number of para-hydroxylation sites is 1. The maximum Gasteiger partial charge on any atom is 0.147 e. The van der Waals surface area contributed by atoms with E-state index in [0.29, 0.717) is 5.92 Å². The molecule has 5 rings (SSSR count). The minimum absolute atomic E-state index is 0.560. The average Bonchev–Trinajstić information content (AvgIpc) is 3.18. The Balaban J connectivity index is 1.69. The van der Waals surface area contributed by atoms with Crippen molar-refractivity contribution < 1.29 is 4.42 Å². The molecule has 0 spiro atoms. The first-order valence-corrected chi connectivity index (χ1v) is 14.3. The highest BCUT2D eigenvalue weighted by atomic mass is 28.3. The molecule has 0 amide bonds. The van der Waals surface area contributed by atoms with Crippen LogP contribution in [0.1, 0.15) is 19.4 Å². The lowest BCUT2D eigenvalue weighted by molar-refractivity contribution is 0.648. The van der Waals surface area contributed by atoms with Crippen molar-refractivity contribution in [2.45, 2.75) is 33.4 Å². The van der Waals surface area contributed by atoms with Crippen LogP contribution in [0.15, 0.2) is 83.7 Å². The van der Waals surface area contributed by atoms with E-state index in [1.807, 2.05) is 30.6 Å². The third-order valence-electron chi connectivity index (χ3n) is 6.35. The van der Waals surface area contributed by atoms with Crippen molar-refractivity contribution >= 4 is 40.4 Å². The maximum absolute atomic E-state index is 6.25. The molecule has 0 saturated heterocycles. The zero-order valence-electron chi connectivity index (χ0n) is 19.1. The number of fused-ring (bicyclic) bond motifs is 3. The minimum atomic E-state index is -1.87. The van der Waals surface area contributed by atoms with Crippen LogP contribution < -0.4 is 10.4 Å². The summed E-state index contributed by atoms with van der Waals surface area (Å²) in [4.78, 5) is 9.49. The molecule has 3 heterocycles. The monoisotopic (exact) mass is 436 g/mol. The Hall–Kier alpha value is -3.24. The van der Waals surface area contributed by atoms with Gasteiger partial charge in [-0.25, -0.2) is 0 Å². The van der Waals surface area contributed by atoms with Crippen LogP contribution in [-0.4, -0.2) is 18.0 Å². The largest absolute Gasteiger partial charge is 0.455 e. The fraction of sp³-hybridized carbons (Fsp3) is 0.214. The van der Waals surface area contributed by atoms with Crippen molar-refractivity contribution in [3.05, 3.63) is 84.8 Å². The fourth-order valence-corrected chi connectivity index (χ4v) is 7.35. The molecule has 32 heavy (non-hydrogen) atoms. The number of benzene rings is 2. The van der Waals surface area contributed by atoms with E-state index in [1.54, 1.807) is 0 Å². The highest BCUT2D eigenvalue weighted by molar-refractivity contribution is 7.00. The molecule has 0 atom stereocenters. The summed E-state index contributed by atoms with van der Waals surface area (Å²) in [5.41, 5.74) is 5.01. The Morgan fingerprint density at radius 3 is 2.41 bits per heavy atom. The van der Waals surface area contributed by atoms with Gasteiger partial charge in [0.1, 0.15) is 19.2 Å². The number of aromatic nitrogens is 2. The molecule has 0 radical (unpaired) electrons. The summed E-state index contributed by atoms with van der Waals surface area (Å²) in [6, 6.07) is 21.3. The van der Waals surface area contributed by atoms with Gasteiger partial charge in [-0.1, -0.05) is 80.7 Å². The van der Waals surface area contributed by atoms with Crippen molar-refractivity contribution in [1.82, 2.24) is 9.97 Å². The van der Waals surface area contributed by atoms with Gasteiger partial charge in [0.15, 0.2) is 0 Å². The quantitative estimate of drug-likeness (QED) is 0.314. The van der Waals surface area contributed by atoms with Crippen LogP contribution in [0.3, 0.4) is 0 Å². The topological polar surface area (TPSA) is 38.9 Å². The smallest absolute Gasteiger partial charge is 0.147 e. The average molecular weight is 437 g/mol. The first-order valence-electron chi connectivity index (χ1n) is 11.3. The standard InChI is InChI=1S/C28H28N2OSi/c1-19(2)14-20-15-25(30-18-27(20)32(3,4)21-10-6-5-7-11-21)24-17-29-16-23-22-12-8-9-13-26(22)31-28(23)24/h5-13,15-19H,14H2,1-4H3. The van der Waals surface area contributed by atoms with Crippen LogP contribution in [-0.2, 0) is 6.42 Å². The zero-order chi connectivity index (χ0) is 22.3. The summed E-state index contributed by atoms with van der Waals surface area (Å²) in [6.45, 7) is 9.40. The summed E-state index contributed by atoms with van der Waals surface area (Å²) in [6.07, 6.45) is 6.91. The molecule has 0 fully saturated rings. The van der Waals surface area contributed by atoms with Crippen molar-refractivity contribution in [1.29, 1.82) is 0 Å². The van der Waals surface area contributed by atoms with Crippen LogP contribution in [0, 0.1) is 5.92 Å². The van der Waals surface area contributed by atoms with Crippen LogP contribution in [0.4, 0.5) is 0 Å². The highest BCUT2D eigenvalue weighted by Gasteiger charge is 2.29. The van der Waals surface area contributed by atoms with E-state index in [1.165, 1.54) is 15.9 Å². The van der Waals surface area contributed by atoms with E-state index in [4.69, 9.17) is 9.40 Å². The molecular weight excluding hydrogens is 408 g/mol. The zero-order valence-corrected chi connectivity index (χ0v) is 20.1. The van der Waals surface area contributed by atoms with Gasteiger partial charge in [-0.3, -0.25) is 9.97 Å². The Labute approximate surface area is 190 Å². The molecule has 3 aromatic heterocycles. The van der Waals surface area contributed by atoms with Gasteiger partial charge in [0.2, 0.25) is 0 Å². The van der Waals surface area contributed by atoms with Gasteiger partial charge in [0, 0.05) is 29.4 Å². The molecule has 160 valence electrons. The molecular formula is C28H28N2OSi. The fourth-order valence-electron chi connectivity index (χ4n) is 4.65. The van der Waals surface area contributed by atoms with Gasteiger partial charge in [0.05, 0.1) is 11.3 Å². The number of rotatable bonds is 5. The summed E-state index contributed by atoms with van der Waals surface area (Å²) < 4.78 is 6.25. The van der Waals surface area contributed by atoms with Crippen LogP contribution >= 0.6 is 0 Å². The van der Waals surface area contributed by atoms with Gasteiger partial charge in [-0.2, -0.15) is 0 Å². The van der Waals surface area contributed by atoms with E-state index in [0.717, 1.165) is 39.6 Å². The maximum atomic E-state index is 6.25. The molecule has 4 heteroatoms. The summed E-state index contributed by atoms with van der Waals surface area (Å²) in [5.74, 6) is 0.560. The van der Waals surface area contributed by atoms with E-state index in [2.05, 4.69) is 80.6 Å². The van der Waals surface area contributed by atoms with E-state index in [-0.39, 0.29) is 0 Å². The summed E-state index contributed by atoms with van der Waals surface area (Å²) >= 11 is 0. The SMILES string of the molecule is CC(C)Cc1cc(-c2cncc3c2oc2ccccc23)ncc1[Si](C)(C)c1ccccc1. The van der Waals surface area contributed by atoms with E-state index >= 15 is 0 Å². The van der Waals surface area contributed by atoms with Crippen molar-refractivity contribution in [3.63, 3.8) is 0 Å². The number of pyridine rings is 2. The lowest BCUT2D eigenvalue weighted by Crippen LogP contribution is -2.54. The lowest BCUT2D eigenvalue weighted by Gasteiger charge is -2.27. The molecule has 0 N–H and O–H groups in total. The molecule has 0 aliphatic heterocycles. The van der Waals surface area contributed by atoms with Crippen LogP contribution in [0.5, 0.6) is 0 Å². The Morgan fingerprint density at radius 1 is 0.875 bits per heavy atom. The highest BCUT2D eigenvalue weighted by Crippen LogP contribution is 2.34. The molecule has 0 saturated carbocycles. The molecule has 0 aliphatic carbocycles. The molecule has 0 aliphatic rings. The Kier molecular flexibility index (Phi) is 5.18. The van der Waals surface area contributed by atoms with E-state index < -0.39 is 8.07 Å². The third kappa shape index (κ3) is 3.55. The number of hydrogen-bond donors (Lipinski definition) is 0. The second kappa shape index (κ2) is 8.03. The number of hydrogen-bond acceptors (Lipinski definition) is 3. The molecule has 3 nitrogen and oxygen atoms in total. The van der Waals surface area contributed by atoms with Crippen molar-refractivity contribution in [3.8, 4) is 11.3 Å².